The third kappa shape index (κ3) is 3.61. The lowest BCUT2D eigenvalue weighted by atomic mass is 9.94. The van der Waals surface area contributed by atoms with Gasteiger partial charge in [-0.15, -0.1) is 0 Å². The molecule has 3 aliphatic rings. The zero-order valence-electron chi connectivity index (χ0n) is 14.9. The molecule has 0 amide bonds. The minimum Gasteiger partial charge on any atom is -0.492 e. The highest BCUT2D eigenvalue weighted by Crippen LogP contribution is 2.41. The second kappa shape index (κ2) is 7.66. The number of nitrogens with zero attached hydrogens (tertiary/aromatic N) is 1. The van der Waals surface area contributed by atoms with Crippen molar-refractivity contribution in [3.8, 4) is 5.75 Å². The van der Waals surface area contributed by atoms with Gasteiger partial charge in [-0.3, -0.25) is 0 Å². The predicted octanol–water partition coefficient (Wildman–Crippen LogP) is 3.71. The van der Waals surface area contributed by atoms with Crippen LogP contribution in [0.2, 0.25) is 5.02 Å². The number of ether oxygens (including phenoxy) is 2. The molecule has 3 fully saturated rings. The first kappa shape index (κ1) is 18.5. The van der Waals surface area contributed by atoms with Crippen LogP contribution in [0.25, 0.3) is 0 Å². The van der Waals surface area contributed by atoms with E-state index in [0.717, 1.165) is 45.1 Å². The van der Waals surface area contributed by atoms with Crippen molar-refractivity contribution >= 4 is 21.6 Å². The molecule has 144 valence electrons. The van der Waals surface area contributed by atoms with Crippen LogP contribution in [0.15, 0.2) is 23.1 Å². The summed E-state index contributed by atoms with van der Waals surface area (Å²) < 4.78 is 39.9. The summed E-state index contributed by atoms with van der Waals surface area (Å²) in [6.45, 7) is 2.48. The second-order valence-electron chi connectivity index (χ2n) is 7.65. The molecule has 5 nitrogen and oxygen atoms in total. The summed E-state index contributed by atoms with van der Waals surface area (Å²) in [4.78, 5) is 0.205. The standard InChI is InChI=1S/C19H26ClNO4S/c20-16-6-7-18(25-13-14-8-10-24-12-14)19(11-16)26(22,23)21-9-2-4-15-3-1-5-17(15)21/h6-7,11,14-15,17H,1-5,8-10,12-13H2. The summed E-state index contributed by atoms with van der Waals surface area (Å²) in [5, 5.41) is 0.417. The molecule has 0 radical (unpaired) electrons. The van der Waals surface area contributed by atoms with Crippen LogP contribution in [0.4, 0.5) is 0 Å². The van der Waals surface area contributed by atoms with Gasteiger partial charge in [-0.05, 0) is 56.2 Å². The minimum absolute atomic E-state index is 0.129. The number of hydrogen-bond acceptors (Lipinski definition) is 4. The van der Waals surface area contributed by atoms with Crippen LogP contribution < -0.4 is 4.74 Å². The van der Waals surface area contributed by atoms with Gasteiger partial charge in [0.25, 0.3) is 0 Å². The summed E-state index contributed by atoms with van der Waals surface area (Å²) in [6, 6.07) is 5.04. The topological polar surface area (TPSA) is 55.8 Å². The largest absolute Gasteiger partial charge is 0.492 e. The van der Waals surface area contributed by atoms with Gasteiger partial charge in [0, 0.05) is 30.1 Å². The number of benzene rings is 1. The quantitative estimate of drug-likeness (QED) is 0.757. The Labute approximate surface area is 160 Å². The molecule has 26 heavy (non-hydrogen) atoms. The molecule has 1 aromatic rings. The van der Waals surface area contributed by atoms with Gasteiger partial charge in [0.15, 0.2) is 0 Å². The van der Waals surface area contributed by atoms with Gasteiger partial charge in [-0.1, -0.05) is 18.0 Å². The van der Waals surface area contributed by atoms with Gasteiger partial charge in [0.1, 0.15) is 10.6 Å². The summed E-state index contributed by atoms with van der Waals surface area (Å²) in [7, 11) is -3.62. The molecule has 2 heterocycles. The van der Waals surface area contributed by atoms with Crippen LogP contribution in [-0.4, -0.2) is 45.1 Å². The molecular formula is C19H26ClNO4S. The molecule has 2 saturated heterocycles. The van der Waals surface area contributed by atoms with Crippen LogP contribution in [0.5, 0.6) is 5.75 Å². The summed E-state index contributed by atoms with van der Waals surface area (Å²) in [5.74, 6) is 1.22. The number of fused-ring (bicyclic) bond motifs is 1. The van der Waals surface area contributed by atoms with E-state index in [1.165, 1.54) is 6.07 Å². The number of sulfonamides is 1. The molecule has 3 atom stereocenters. The van der Waals surface area contributed by atoms with Crippen molar-refractivity contribution < 1.29 is 17.9 Å². The lowest BCUT2D eigenvalue weighted by Gasteiger charge is -2.36. The Balaban J connectivity index is 1.61. The Kier molecular flexibility index (Phi) is 5.46. The zero-order valence-corrected chi connectivity index (χ0v) is 16.5. The van der Waals surface area contributed by atoms with Crippen LogP contribution in [0.3, 0.4) is 0 Å². The van der Waals surface area contributed by atoms with Crippen molar-refractivity contribution in [1.29, 1.82) is 0 Å². The molecule has 0 spiro atoms. The zero-order chi connectivity index (χ0) is 18.1. The lowest BCUT2D eigenvalue weighted by Crippen LogP contribution is -2.46. The smallest absolute Gasteiger partial charge is 0.247 e. The second-order valence-corrected chi connectivity index (χ2v) is 9.94. The fourth-order valence-corrected chi connectivity index (χ4v) is 6.71. The predicted molar refractivity (Wildman–Crippen MR) is 100 cm³/mol. The first-order valence-corrected chi connectivity index (χ1v) is 11.4. The summed E-state index contributed by atoms with van der Waals surface area (Å²) in [6.07, 6.45) is 6.22. The van der Waals surface area contributed by atoms with Crippen LogP contribution in [0.1, 0.15) is 38.5 Å². The minimum atomic E-state index is -3.62. The van der Waals surface area contributed by atoms with E-state index in [2.05, 4.69) is 0 Å². The molecule has 1 aromatic carbocycles. The normalized spacial score (nSPS) is 29.7. The molecular weight excluding hydrogens is 374 g/mol. The van der Waals surface area contributed by atoms with Crippen LogP contribution in [0, 0.1) is 11.8 Å². The molecule has 0 N–H and O–H groups in total. The van der Waals surface area contributed by atoms with Crippen molar-refractivity contribution in [3.05, 3.63) is 23.2 Å². The molecule has 3 unspecified atom stereocenters. The van der Waals surface area contributed by atoms with E-state index in [4.69, 9.17) is 21.1 Å². The van der Waals surface area contributed by atoms with Gasteiger partial charge in [0.05, 0.1) is 13.2 Å². The number of halogens is 1. The third-order valence-corrected chi connectivity index (χ3v) is 8.11. The molecule has 0 bridgehead atoms. The lowest BCUT2D eigenvalue weighted by molar-refractivity contribution is 0.165. The molecule has 1 aliphatic carbocycles. The highest BCUT2D eigenvalue weighted by molar-refractivity contribution is 7.89. The third-order valence-electron chi connectivity index (χ3n) is 5.93. The van der Waals surface area contributed by atoms with Crippen molar-refractivity contribution in [1.82, 2.24) is 4.31 Å². The Morgan fingerprint density at radius 2 is 2.04 bits per heavy atom. The SMILES string of the molecule is O=S(=O)(c1cc(Cl)ccc1OCC1CCOC1)N1CCCC2CCCC21. The van der Waals surface area contributed by atoms with Crippen molar-refractivity contribution in [2.45, 2.75) is 49.5 Å². The van der Waals surface area contributed by atoms with E-state index in [0.29, 0.717) is 42.4 Å². The molecule has 0 aromatic heterocycles. The van der Waals surface area contributed by atoms with Gasteiger partial charge in [-0.25, -0.2) is 8.42 Å². The van der Waals surface area contributed by atoms with E-state index < -0.39 is 10.0 Å². The Morgan fingerprint density at radius 1 is 1.19 bits per heavy atom. The highest BCUT2D eigenvalue weighted by Gasteiger charge is 2.42. The van der Waals surface area contributed by atoms with Gasteiger partial charge in [-0.2, -0.15) is 4.31 Å². The van der Waals surface area contributed by atoms with E-state index in [9.17, 15) is 8.42 Å². The van der Waals surface area contributed by atoms with Gasteiger partial charge < -0.3 is 9.47 Å². The van der Waals surface area contributed by atoms with Crippen molar-refractivity contribution in [2.75, 3.05) is 26.4 Å². The molecule has 2 aliphatic heterocycles. The van der Waals surface area contributed by atoms with E-state index in [1.807, 2.05) is 0 Å². The van der Waals surface area contributed by atoms with E-state index >= 15 is 0 Å². The molecule has 1 saturated carbocycles. The summed E-state index contributed by atoms with van der Waals surface area (Å²) >= 11 is 6.14. The van der Waals surface area contributed by atoms with Crippen LogP contribution >= 0.6 is 11.6 Å². The van der Waals surface area contributed by atoms with E-state index in [1.54, 1.807) is 16.4 Å². The molecule has 4 rings (SSSR count). The Hall–Kier alpha value is -0.820. The van der Waals surface area contributed by atoms with Gasteiger partial charge in [0.2, 0.25) is 10.0 Å². The number of piperidine rings is 1. The number of rotatable bonds is 5. The average molecular weight is 400 g/mol. The fourth-order valence-electron chi connectivity index (χ4n) is 4.56. The summed E-state index contributed by atoms with van der Waals surface area (Å²) in [5.41, 5.74) is 0. The maximum Gasteiger partial charge on any atom is 0.247 e. The first-order valence-electron chi connectivity index (χ1n) is 9.57. The maximum absolute atomic E-state index is 13.5. The van der Waals surface area contributed by atoms with Crippen molar-refractivity contribution in [2.24, 2.45) is 11.8 Å². The number of hydrogen-bond donors (Lipinski definition) is 0. The van der Waals surface area contributed by atoms with Crippen LogP contribution in [-0.2, 0) is 14.8 Å². The molecule has 7 heteroatoms. The first-order chi connectivity index (χ1) is 12.6. The average Bonchev–Trinajstić information content (AvgIpc) is 3.31. The monoisotopic (exact) mass is 399 g/mol. The van der Waals surface area contributed by atoms with Gasteiger partial charge >= 0.3 is 0 Å². The Bertz CT molecular complexity index is 748. The Morgan fingerprint density at radius 3 is 2.85 bits per heavy atom. The highest BCUT2D eigenvalue weighted by atomic mass is 35.5. The van der Waals surface area contributed by atoms with E-state index in [-0.39, 0.29) is 10.9 Å². The van der Waals surface area contributed by atoms with Crippen molar-refractivity contribution in [3.63, 3.8) is 0 Å². The fraction of sp³-hybridized carbons (Fsp3) is 0.684. The maximum atomic E-state index is 13.5.